The number of nitrogens with two attached hydrogens (primary N) is 1. The number of nitrogens with zero attached hydrogens (tertiary/aromatic N) is 4. The van der Waals surface area contributed by atoms with Crippen molar-refractivity contribution in [3.63, 3.8) is 0 Å². The summed E-state index contributed by atoms with van der Waals surface area (Å²) < 4.78 is 2.37. The van der Waals surface area contributed by atoms with Crippen LogP contribution in [-0.2, 0) is 7.05 Å². The maximum Gasteiger partial charge on any atom is 0.153 e. The molecule has 0 saturated heterocycles. The average molecular weight is 311 g/mol. The van der Waals surface area contributed by atoms with Crippen LogP contribution in [0.5, 0.6) is 0 Å². The maximum atomic E-state index is 5.67. The second kappa shape index (κ2) is 5.13. The van der Waals surface area contributed by atoms with Crippen LogP contribution in [0.1, 0.15) is 28.7 Å². The van der Waals surface area contributed by atoms with E-state index in [1.54, 1.807) is 4.68 Å². The lowest BCUT2D eigenvalue weighted by atomic mass is 10.0. The minimum absolute atomic E-state index is 0.181. The Morgan fingerprint density at radius 3 is 2.39 bits per heavy atom. The van der Waals surface area contributed by atoms with Crippen LogP contribution in [-0.4, -0.2) is 20.0 Å². The van der Waals surface area contributed by atoms with Gasteiger partial charge in [-0.1, -0.05) is 5.21 Å². The van der Waals surface area contributed by atoms with Crippen molar-refractivity contribution in [2.24, 2.45) is 12.9 Å². The largest absolute Gasteiger partial charge is 0.271 e. The predicted octanol–water partition coefficient (Wildman–Crippen LogP) is 1.14. The summed E-state index contributed by atoms with van der Waals surface area (Å²) in [7, 11) is 1.83. The van der Waals surface area contributed by atoms with Crippen molar-refractivity contribution < 1.29 is 0 Å². The topological polar surface area (TPSA) is 81.6 Å². The predicted molar refractivity (Wildman–Crippen MR) is 71.6 cm³/mol. The SMILES string of the molecule is Cc1cc(C(NN)c2c(Br)nnn2C)cc(C)n1. The van der Waals surface area contributed by atoms with Crippen molar-refractivity contribution in [2.45, 2.75) is 19.9 Å². The molecule has 2 rings (SSSR count). The van der Waals surface area contributed by atoms with E-state index in [0.29, 0.717) is 4.60 Å². The van der Waals surface area contributed by atoms with Crippen molar-refractivity contribution in [3.8, 4) is 0 Å². The molecule has 0 radical (unpaired) electrons. The second-order valence-electron chi connectivity index (χ2n) is 4.17. The smallest absolute Gasteiger partial charge is 0.153 e. The van der Waals surface area contributed by atoms with Crippen LogP contribution in [0, 0.1) is 13.8 Å². The first-order chi connectivity index (χ1) is 8.52. The molecular weight excluding hydrogens is 296 g/mol. The van der Waals surface area contributed by atoms with Gasteiger partial charge in [0.1, 0.15) is 0 Å². The van der Waals surface area contributed by atoms with Crippen molar-refractivity contribution in [3.05, 3.63) is 39.4 Å². The summed E-state index contributed by atoms with van der Waals surface area (Å²) in [5, 5.41) is 7.94. The van der Waals surface area contributed by atoms with Crippen molar-refractivity contribution >= 4 is 15.9 Å². The molecule has 0 amide bonds. The molecule has 0 aliphatic heterocycles. The van der Waals surface area contributed by atoms with Gasteiger partial charge in [0.2, 0.25) is 0 Å². The van der Waals surface area contributed by atoms with Crippen LogP contribution in [0.3, 0.4) is 0 Å². The molecule has 6 nitrogen and oxygen atoms in total. The summed E-state index contributed by atoms with van der Waals surface area (Å²) in [5.74, 6) is 5.67. The Hall–Kier alpha value is -1.31. The molecule has 1 unspecified atom stereocenters. The van der Waals surface area contributed by atoms with E-state index in [9.17, 15) is 0 Å². The van der Waals surface area contributed by atoms with Crippen LogP contribution in [0.15, 0.2) is 16.7 Å². The Balaban J connectivity index is 2.52. The summed E-state index contributed by atoms with van der Waals surface area (Å²) >= 11 is 3.39. The molecule has 0 aliphatic carbocycles. The standard InChI is InChI=1S/C11H15BrN6/c1-6-4-8(5-7(2)14-6)9(15-13)10-11(12)16-17-18(10)3/h4-5,9,15H,13H2,1-3H3. The third kappa shape index (κ3) is 2.43. The molecule has 96 valence electrons. The van der Waals surface area contributed by atoms with Crippen LogP contribution < -0.4 is 11.3 Å². The minimum Gasteiger partial charge on any atom is -0.271 e. The average Bonchev–Trinajstić information content (AvgIpc) is 2.61. The highest BCUT2D eigenvalue weighted by atomic mass is 79.9. The first kappa shape index (κ1) is 13.1. The Morgan fingerprint density at radius 2 is 1.94 bits per heavy atom. The Labute approximate surface area is 114 Å². The maximum absolute atomic E-state index is 5.67. The highest BCUT2D eigenvalue weighted by molar-refractivity contribution is 9.10. The molecule has 3 N–H and O–H groups in total. The van der Waals surface area contributed by atoms with Crippen LogP contribution in [0.25, 0.3) is 0 Å². The molecule has 0 bridgehead atoms. The first-order valence-electron chi connectivity index (χ1n) is 5.49. The highest BCUT2D eigenvalue weighted by Crippen LogP contribution is 2.26. The number of hydrogen-bond donors (Lipinski definition) is 2. The van der Waals surface area contributed by atoms with E-state index in [1.165, 1.54) is 0 Å². The number of hydrazine groups is 1. The molecule has 0 aliphatic rings. The third-order valence-electron chi connectivity index (χ3n) is 2.70. The molecule has 2 heterocycles. The van der Waals surface area contributed by atoms with E-state index in [4.69, 9.17) is 5.84 Å². The quantitative estimate of drug-likeness (QED) is 0.656. The molecule has 1 atom stereocenters. The Bertz CT molecular complexity index is 525. The molecule has 0 saturated carbocycles. The summed E-state index contributed by atoms with van der Waals surface area (Å²) in [6.07, 6.45) is 0. The number of nitrogens with one attached hydrogen (secondary N) is 1. The van der Waals surface area contributed by atoms with Crippen LogP contribution >= 0.6 is 15.9 Å². The van der Waals surface area contributed by atoms with Gasteiger partial charge in [0, 0.05) is 18.4 Å². The molecule has 2 aromatic rings. The first-order valence-corrected chi connectivity index (χ1v) is 6.28. The molecule has 0 spiro atoms. The van der Waals surface area contributed by atoms with Gasteiger partial charge in [0.15, 0.2) is 4.60 Å². The normalized spacial score (nSPS) is 12.7. The number of aromatic nitrogens is 4. The Kier molecular flexibility index (Phi) is 3.74. The van der Waals surface area contributed by atoms with E-state index < -0.39 is 0 Å². The summed E-state index contributed by atoms with van der Waals surface area (Å²) in [6, 6.07) is 3.81. The van der Waals surface area contributed by atoms with Gasteiger partial charge in [-0.25, -0.2) is 10.1 Å². The van der Waals surface area contributed by atoms with Gasteiger partial charge in [-0.2, -0.15) is 0 Å². The molecule has 0 fully saturated rings. The van der Waals surface area contributed by atoms with E-state index in [1.807, 2.05) is 33.0 Å². The van der Waals surface area contributed by atoms with E-state index in [-0.39, 0.29) is 6.04 Å². The molecule has 18 heavy (non-hydrogen) atoms. The van der Waals surface area contributed by atoms with Gasteiger partial charge in [0.25, 0.3) is 0 Å². The van der Waals surface area contributed by atoms with Gasteiger partial charge < -0.3 is 0 Å². The van der Waals surface area contributed by atoms with Gasteiger partial charge in [-0.05, 0) is 47.5 Å². The number of hydrogen-bond acceptors (Lipinski definition) is 5. The number of halogens is 1. The lowest BCUT2D eigenvalue weighted by Gasteiger charge is -2.17. The fourth-order valence-electron chi connectivity index (χ4n) is 2.01. The zero-order chi connectivity index (χ0) is 13.3. The van der Waals surface area contributed by atoms with Gasteiger partial charge in [-0.15, -0.1) is 5.10 Å². The zero-order valence-corrected chi connectivity index (χ0v) is 12.1. The lowest BCUT2D eigenvalue weighted by molar-refractivity contribution is 0.568. The molecule has 2 aromatic heterocycles. The number of rotatable bonds is 3. The van der Waals surface area contributed by atoms with Crippen LogP contribution in [0.4, 0.5) is 0 Å². The minimum atomic E-state index is -0.181. The van der Waals surface area contributed by atoms with Crippen molar-refractivity contribution in [2.75, 3.05) is 0 Å². The highest BCUT2D eigenvalue weighted by Gasteiger charge is 2.21. The van der Waals surface area contributed by atoms with E-state index >= 15 is 0 Å². The van der Waals surface area contributed by atoms with Crippen LogP contribution in [0.2, 0.25) is 0 Å². The Morgan fingerprint density at radius 1 is 1.33 bits per heavy atom. The number of aryl methyl sites for hydroxylation is 3. The summed E-state index contributed by atoms with van der Waals surface area (Å²) in [5.41, 5.74) is 6.62. The fourth-order valence-corrected chi connectivity index (χ4v) is 2.57. The van der Waals surface area contributed by atoms with Crippen molar-refractivity contribution in [1.29, 1.82) is 0 Å². The fraction of sp³-hybridized carbons (Fsp3) is 0.364. The second-order valence-corrected chi connectivity index (χ2v) is 4.92. The van der Waals surface area contributed by atoms with E-state index in [0.717, 1.165) is 22.6 Å². The monoisotopic (exact) mass is 310 g/mol. The molecule has 0 aromatic carbocycles. The molecule has 7 heteroatoms. The zero-order valence-electron chi connectivity index (χ0n) is 10.5. The van der Waals surface area contributed by atoms with Gasteiger partial charge in [-0.3, -0.25) is 10.8 Å². The van der Waals surface area contributed by atoms with Gasteiger partial charge >= 0.3 is 0 Å². The van der Waals surface area contributed by atoms with Gasteiger partial charge in [0.05, 0.1) is 11.7 Å². The summed E-state index contributed by atoms with van der Waals surface area (Å²) in [4.78, 5) is 4.36. The molecular formula is C11H15BrN6. The lowest BCUT2D eigenvalue weighted by Crippen LogP contribution is -2.30. The third-order valence-corrected chi connectivity index (χ3v) is 3.27. The van der Waals surface area contributed by atoms with E-state index in [2.05, 4.69) is 36.7 Å². The summed E-state index contributed by atoms with van der Waals surface area (Å²) in [6.45, 7) is 3.92. The number of pyridine rings is 1. The van der Waals surface area contributed by atoms with Crippen molar-refractivity contribution in [1.82, 2.24) is 25.4 Å².